The summed E-state index contributed by atoms with van der Waals surface area (Å²) < 4.78 is 2.21. The Balaban J connectivity index is 1.15. The van der Waals surface area contributed by atoms with Crippen LogP contribution in [0.3, 0.4) is 0 Å². The van der Waals surface area contributed by atoms with Gasteiger partial charge in [0.15, 0.2) is 11.2 Å². The smallest absolute Gasteiger partial charge is 0.245 e. The van der Waals surface area contributed by atoms with Crippen LogP contribution in [0.25, 0.3) is 22.3 Å². The summed E-state index contributed by atoms with van der Waals surface area (Å²) in [5.74, 6) is 0.726. The van der Waals surface area contributed by atoms with Crippen molar-refractivity contribution in [3.05, 3.63) is 196 Å². The van der Waals surface area contributed by atoms with E-state index in [9.17, 15) is 4.79 Å². The van der Waals surface area contributed by atoms with E-state index < -0.39 is 5.54 Å². The normalized spacial score (nSPS) is 11.6. The SMILES string of the molecule is CCc1nc2c(C)cc(C)nc2n1Cc1ccc(-c2ccccc2C(=O)c2nnn(C(c3ccccc3)(c3ccccc3)c3ccccc3)n2)cc1. The van der Waals surface area contributed by atoms with Crippen molar-refractivity contribution >= 4 is 16.9 Å². The number of pyridine rings is 1. The minimum Gasteiger partial charge on any atom is -0.308 e. The van der Waals surface area contributed by atoms with E-state index in [1.165, 1.54) is 0 Å². The fourth-order valence-electron chi connectivity index (χ4n) is 7.24. The van der Waals surface area contributed by atoms with Gasteiger partial charge in [0, 0.05) is 17.7 Å². The molecule has 8 heteroatoms. The fourth-order valence-corrected chi connectivity index (χ4v) is 7.24. The second-order valence-electron chi connectivity index (χ2n) is 13.0. The zero-order valence-corrected chi connectivity index (χ0v) is 29.3. The number of hydrogen-bond donors (Lipinski definition) is 0. The average molecular weight is 680 g/mol. The Morgan fingerprint density at radius 1 is 0.692 bits per heavy atom. The highest BCUT2D eigenvalue weighted by atomic mass is 16.1. The largest absolute Gasteiger partial charge is 0.308 e. The van der Waals surface area contributed by atoms with E-state index in [0.717, 1.165) is 68.0 Å². The Labute approximate surface area is 302 Å². The number of tetrazole rings is 1. The van der Waals surface area contributed by atoms with Crippen molar-refractivity contribution in [3.8, 4) is 11.1 Å². The molecule has 0 radical (unpaired) electrons. The van der Waals surface area contributed by atoms with Crippen molar-refractivity contribution in [1.29, 1.82) is 0 Å². The molecular weight excluding hydrogens is 643 g/mol. The fraction of sp³-hybridized carbons (Fsp3) is 0.136. The van der Waals surface area contributed by atoms with E-state index in [2.05, 4.69) is 95.5 Å². The third-order valence-corrected chi connectivity index (χ3v) is 9.69. The molecule has 0 atom stereocenters. The predicted octanol–water partition coefficient (Wildman–Crippen LogP) is 8.38. The molecule has 0 saturated carbocycles. The van der Waals surface area contributed by atoms with Gasteiger partial charge in [0.1, 0.15) is 11.3 Å². The molecule has 0 spiro atoms. The van der Waals surface area contributed by atoms with E-state index in [-0.39, 0.29) is 11.6 Å². The summed E-state index contributed by atoms with van der Waals surface area (Å²) >= 11 is 0. The zero-order chi connectivity index (χ0) is 35.7. The number of nitrogens with zero attached hydrogens (tertiary/aromatic N) is 7. The summed E-state index contributed by atoms with van der Waals surface area (Å²) in [5.41, 5.74) is 9.16. The van der Waals surface area contributed by atoms with Crippen molar-refractivity contribution in [3.63, 3.8) is 0 Å². The summed E-state index contributed by atoms with van der Waals surface area (Å²) in [6.45, 7) is 6.87. The van der Waals surface area contributed by atoms with Gasteiger partial charge in [-0.3, -0.25) is 4.79 Å². The summed E-state index contributed by atoms with van der Waals surface area (Å²) in [6.07, 6.45) is 0.810. The van der Waals surface area contributed by atoms with Gasteiger partial charge in [-0.2, -0.15) is 0 Å². The molecule has 8 nitrogen and oxygen atoms in total. The standard InChI is InChI=1S/C44H37N7O/c1-4-39-46-40-30(2)28-31(3)45-43(40)50(39)29-32-24-26-33(27-25-32)37-22-14-15-23-38(37)41(52)42-47-49-51(48-42)44(34-16-8-5-9-17-34,35-18-10-6-11-19-35)36-20-12-7-13-21-36/h5-28H,4,29H2,1-3H3. The second kappa shape index (κ2) is 13.6. The van der Waals surface area contributed by atoms with Crippen LogP contribution >= 0.6 is 0 Å². The molecule has 0 amide bonds. The Morgan fingerprint density at radius 2 is 1.27 bits per heavy atom. The van der Waals surface area contributed by atoms with Gasteiger partial charge in [0.2, 0.25) is 11.6 Å². The molecular formula is C44H37N7O. The number of fused-ring (bicyclic) bond motifs is 1. The minimum atomic E-state index is -0.976. The lowest BCUT2D eigenvalue weighted by molar-refractivity contribution is 0.102. The first-order chi connectivity index (χ1) is 25.5. The molecule has 0 aliphatic carbocycles. The number of carbonyl (C=O) groups is 1. The number of aromatic nitrogens is 7. The molecule has 8 aromatic rings. The quantitative estimate of drug-likeness (QED) is 0.107. The third kappa shape index (κ3) is 5.68. The Hall–Kier alpha value is -6.54. The number of rotatable bonds is 10. The molecule has 0 bridgehead atoms. The average Bonchev–Trinajstić information content (AvgIpc) is 3.82. The summed E-state index contributed by atoms with van der Waals surface area (Å²) in [6, 6.07) is 48.3. The van der Waals surface area contributed by atoms with Crippen LogP contribution in [0.5, 0.6) is 0 Å². The molecule has 0 aliphatic heterocycles. The Kier molecular flexibility index (Phi) is 8.57. The molecule has 8 rings (SSSR count). The van der Waals surface area contributed by atoms with Crippen molar-refractivity contribution < 1.29 is 4.79 Å². The topological polar surface area (TPSA) is 91.4 Å². The first-order valence-corrected chi connectivity index (χ1v) is 17.5. The highest BCUT2D eigenvalue weighted by Crippen LogP contribution is 2.39. The molecule has 0 aliphatic rings. The van der Waals surface area contributed by atoms with Gasteiger partial charge in [-0.1, -0.05) is 146 Å². The summed E-state index contributed by atoms with van der Waals surface area (Å²) in [4.78, 5) is 25.7. The van der Waals surface area contributed by atoms with Crippen LogP contribution in [0.15, 0.2) is 146 Å². The lowest BCUT2D eigenvalue weighted by Gasteiger charge is -2.34. The number of imidazole rings is 1. The number of hydrogen-bond acceptors (Lipinski definition) is 6. The van der Waals surface area contributed by atoms with Gasteiger partial charge in [-0.05, 0) is 64.1 Å². The molecule has 0 saturated heterocycles. The van der Waals surface area contributed by atoms with Gasteiger partial charge in [-0.25, -0.2) is 9.97 Å². The van der Waals surface area contributed by atoms with E-state index in [1.54, 1.807) is 4.80 Å². The Bertz CT molecular complexity index is 2410. The van der Waals surface area contributed by atoms with Crippen molar-refractivity contribution in [2.45, 2.75) is 39.3 Å². The number of benzene rings is 5. The van der Waals surface area contributed by atoms with Crippen LogP contribution < -0.4 is 0 Å². The lowest BCUT2D eigenvalue weighted by Crippen LogP contribution is -2.39. The van der Waals surface area contributed by atoms with Crippen molar-refractivity contribution in [1.82, 2.24) is 34.7 Å². The molecule has 0 unspecified atom stereocenters. The number of carbonyl (C=O) groups excluding carboxylic acids is 1. The molecule has 3 aromatic heterocycles. The first kappa shape index (κ1) is 32.7. The summed E-state index contributed by atoms with van der Waals surface area (Å²) in [5, 5.41) is 13.9. The molecule has 254 valence electrons. The first-order valence-electron chi connectivity index (χ1n) is 17.5. The van der Waals surface area contributed by atoms with Gasteiger partial charge in [0.25, 0.3) is 0 Å². The molecule has 3 heterocycles. The van der Waals surface area contributed by atoms with E-state index in [0.29, 0.717) is 12.1 Å². The second-order valence-corrected chi connectivity index (χ2v) is 13.0. The maximum atomic E-state index is 14.3. The van der Waals surface area contributed by atoms with E-state index in [4.69, 9.17) is 15.1 Å². The highest BCUT2D eigenvalue weighted by Gasteiger charge is 2.41. The predicted molar refractivity (Wildman–Crippen MR) is 203 cm³/mol. The Morgan fingerprint density at radius 3 is 1.87 bits per heavy atom. The number of aryl methyl sites for hydroxylation is 3. The summed E-state index contributed by atoms with van der Waals surface area (Å²) in [7, 11) is 0. The lowest BCUT2D eigenvalue weighted by atomic mass is 9.77. The van der Waals surface area contributed by atoms with Gasteiger partial charge >= 0.3 is 0 Å². The molecule has 5 aromatic carbocycles. The van der Waals surface area contributed by atoms with E-state index in [1.807, 2.05) is 85.8 Å². The minimum absolute atomic E-state index is 0.0217. The van der Waals surface area contributed by atoms with E-state index >= 15 is 0 Å². The van der Waals surface area contributed by atoms with Crippen LogP contribution in [0.1, 0.15) is 62.4 Å². The molecule has 0 N–H and O–H groups in total. The number of ketones is 1. The van der Waals surface area contributed by atoms with Gasteiger partial charge in [0.05, 0.1) is 6.54 Å². The van der Waals surface area contributed by atoms with Crippen LogP contribution in [0.4, 0.5) is 0 Å². The van der Waals surface area contributed by atoms with Crippen LogP contribution in [0.2, 0.25) is 0 Å². The van der Waals surface area contributed by atoms with Crippen LogP contribution in [-0.2, 0) is 18.5 Å². The highest BCUT2D eigenvalue weighted by molar-refractivity contribution is 6.10. The van der Waals surface area contributed by atoms with Crippen LogP contribution in [-0.4, -0.2) is 40.5 Å². The van der Waals surface area contributed by atoms with Gasteiger partial charge < -0.3 is 4.57 Å². The maximum absolute atomic E-state index is 14.3. The third-order valence-electron chi connectivity index (χ3n) is 9.69. The molecule has 0 fully saturated rings. The van der Waals surface area contributed by atoms with Gasteiger partial charge in [-0.15, -0.1) is 15.0 Å². The monoisotopic (exact) mass is 679 g/mol. The maximum Gasteiger partial charge on any atom is 0.245 e. The zero-order valence-electron chi connectivity index (χ0n) is 29.3. The van der Waals surface area contributed by atoms with Crippen molar-refractivity contribution in [2.75, 3.05) is 0 Å². The molecule has 52 heavy (non-hydrogen) atoms. The van der Waals surface area contributed by atoms with Crippen molar-refractivity contribution in [2.24, 2.45) is 0 Å². The van der Waals surface area contributed by atoms with Crippen LogP contribution in [0, 0.1) is 13.8 Å².